The predicted octanol–water partition coefficient (Wildman–Crippen LogP) is 2.52. The Bertz CT molecular complexity index is 595. The first-order valence-electron chi connectivity index (χ1n) is 5.64. The minimum atomic E-state index is -0.468. The molecule has 0 spiro atoms. The van der Waals surface area contributed by atoms with Gasteiger partial charge in [0.15, 0.2) is 0 Å². The molecule has 0 aliphatic heterocycles. The molecule has 3 rings (SSSR count). The summed E-state index contributed by atoms with van der Waals surface area (Å²) in [7, 11) is 0. The maximum atomic E-state index is 13.1. The molecule has 0 amide bonds. The summed E-state index contributed by atoms with van der Waals surface area (Å²) >= 11 is 5.72. The van der Waals surface area contributed by atoms with Crippen molar-refractivity contribution in [1.82, 2.24) is 10.1 Å². The number of nitrogens with zero attached hydrogens (tertiary/aromatic N) is 2. The monoisotopic (exact) mass is 267 g/mol. The highest BCUT2D eigenvalue weighted by atomic mass is 35.5. The van der Waals surface area contributed by atoms with Crippen molar-refractivity contribution in [3.63, 3.8) is 0 Å². The van der Waals surface area contributed by atoms with Crippen molar-refractivity contribution in [2.45, 2.75) is 18.3 Å². The summed E-state index contributed by atoms with van der Waals surface area (Å²) in [5, 5.41) is 3.93. The number of hydrogen-bond acceptors (Lipinski definition) is 4. The first kappa shape index (κ1) is 11.6. The number of hydrogen-bond donors (Lipinski definition) is 1. The molecule has 1 aliphatic rings. The molecule has 1 aromatic carbocycles. The van der Waals surface area contributed by atoms with Gasteiger partial charge in [0.1, 0.15) is 5.82 Å². The summed E-state index contributed by atoms with van der Waals surface area (Å²) < 4.78 is 18.3. The van der Waals surface area contributed by atoms with Crippen molar-refractivity contribution >= 4 is 11.6 Å². The van der Waals surface area contributed by atoms with Crippen LogP contribution in [0.25, 0.3) is 11.4 Å². The molecule has 1 aromatic heterocycles. The molecule has 1 aliphatic carbocycles. The Balaban J connectivity index is 1.95. The smallest absolute Gasteiger partial charge is 0.234 e. The van der Waals surface area contributed by atoms with Crippen LogP contribution in [0, 0.1) is 5.82 Å². The van der Waals surface area contributed by atoms with Gasteiger partial charge in [0.25, 0.3) is 0 Å². The second-order valence-electron chi connectivity index (χ2n) is 4.54. The first-order valence-corrected chi connectivity index (χ1v) is 6.02. The SMILES string of the molecule is NCC1(c2nc(-c3ccc(F)c(Cl)c3)no2)CC1. The Kier molecular flexibility index (Phi) is 2.60. The van der Waals surface area contributed by atoms with Gasteiger partial charge in [-0.25, -0.2) is 4.39 Å². The molecular formula is C12H11ClFN3O. The quantitative estimate of drug-likeness (QED) is 0.928. The third-order valence-electron chi connectivity index (χ3n) is 3.30. The summed E-state index contributed by atoms with van der Waals surface area (Å²) in [6, 6.07) is 4.33. The highest BCUT2D eigenvalue weighted by Gasteiger charge is 2.48. The van der Waals surface area contributed by atoms with E-state index in [0.29, 0.717) is 23.8 Å². The Morgan fingerprint density at radius 1 is 1.44 bits per heavy atom. The van der Waals surface area contributed by atoms with Gasteiger partial charge >= 0.3 is 0 Å². The predicted molar refractivity (Wildman–Crippen MR) is 64.7 cm³/mol. The van der Waals surface area contributed by atoms with E-state index in [1.54, 1.807) is 6.07 Å². The molecule has 0 bridgehead atoms. The first-order chi connectivity index (χ1) is 8.64. The second-order valence-corrected chi connectivity index (χ2v) is 4.94. The third kappa shape index (κ3) is 1.79. The number of halogens is 2. The molecule has 0 unspecified atom stereocenters. The average molecular weight is 268 g/mol. The van der Waals surface area contributed by atoms with E-state index in [-0.39, 0.29) is 10.4 Å². The van der Waals surface area contributed by atoms with Gasteiger partial charge in [-0.2, -0.15) is 4.98 Å². The van der Waals surface area contributed by atoms with Crippen LogP contribution >= 0.6 is 11.6 Å². The van der Waals surface area contributed by atoms with E-state index >= 15 is 0 Å². The Hall–Kier alpha value is -1.46. The average Bonchev–Trinajstić information content (AvgIpc) is 3.02. The molecule has 94 valence electrons. The summed E-state index contributed by atoms with van der Waals surface area (Å²) in [5.74, 6) is 0.497. The highest BCUT2D eigenvalue weighted by molar-refractivity contribution is 6.31. The van der Waals surface area contributed by atoms with E-state index in [0.717, 1.165) is 12.8 Å². The largest absolute Gasteiger partial charge is 0.338 e. The Morgan fingerprint density at radius 2 is 2.22 bits per heavy atom. The minimum Gasteiger partial charge on any atom is -0.338 e. The van der Waals surface area contributed by atoms with Gasteiger partial charge in [-0.1, -0.05) is 16.8 Å². The zero-order valence-corrected chi connectivity index (χ0v) is 10.2. The lowest BCUT2D eigenvalue weighted by Gasteiger charge is -2.03. The molecule has 6 heteroatoms. The molecule has 0 saturated heterocycles. The fraction of sp³-hybridized carbons (Fsp3) is 0.333. The summed E-state index contributed by atoms with van der Waals surface area (Å²) in [4.78, 5) is 4.32. The molecule has 0 radical (unpaired) electrons. The van der Waals surface area contributed by atoms with Gasteiger partial charge in [0.05, 0.1) is 10.4 Å². The van der Waals surface area contributed by atoms with Gasteiger partial charge in [-0.3, -0.25) is 0 Å². The van der Waals surface area contributed by atoms with E-state index in [4.69, 9.17) is 21.9 Å². The number of nitrogens with two attached hydrogens (primary N) is 1. The molecule has 1 fully saturated rings. The molecule has 2 aromatic rings. The second kappa shape index (κ2) is 4.03. The number of aromatic nitrogens is 2. The lowest BCUT2D eigenvalue weighted by Crippen LogP contribution is -2.19. The number of benzene rings is 1. The Morgan fingerprint density at radius 3 is 2.83 bits per heavy atom. The molecule has 1 saturated carbocycles. The lowest BCUT2D eigenvalue weighted by atomic mass is 10.1. The van der Waals surface area contributed by atoms with E-state index < -0.39 is 5.82 Å². The fourth-order valence-corrected chi connectivity index (χ4v) is 2.03. The third-order valence-corrected chi connectivity index (χ3v) is 3.59. The molecule has 2 N–H and O–H groups in total. The maximum absolute atomic E-state index is 13.1. The van der Waals surface area contributed by atoms with Crippen LogP contribution in [0.4, 0.5) is 4.39 Å². The summed E-state index contributed by atoms with van der Waals surface area (Å²) in [5.41, 5.74) is 6.18. The van der Waals surface area contributed by atoms with Crippen LogP contribution in [0.2, 0.25) is 5.02 Å². The van der Waals surface area contributed by atoms with Crippen molar-refractivity contribution in [3.05, 3.63) is 34.9 Å². The van der Waals surface area contributed by atoms with Crippen molar-refractivity contribution in [2.24, 2.45) is 5.73 Å². The molecule has 4 nitrogen and oxygen atoms in total. The number of rotatable bonds is 3. The summed E-state index contributed by atoms with van der Waals surface area (Å²) in [6.45, 7) is 0.499. The fourth-order valence-electron chi connectivity index (χ4n) is 1.85. The van der Waals surface area contributed by atoms with Gasteiger partial charge < -0.3 is 10.3 Å². The maximum Gasteiger partial charge on any atom is 0.234 e. The van der Waals surface area contributed by atoms with E-state index in [1.165, 1.54) is 12.1 Å². The van der Waals surface area contributed by atoms with Gasteiger partial charge in [-0.05, 0) is 31.0 Å². The normalized spacial score (nSPS) is 16.8. The van der Waals surface area contributed by atoms with Crippen molar-refractivity contribution in [2.75, 3.05) is 6.54 Å². The standard InChI is InChI=1S/C12H11ClFN3O/c13-8-5-7(1-2-9(8)14)10-16-11(18-17-10)12(6-15)3-4-12/h1-2,5H,3-4,6,15H2. The van der Waals surface area contributed by atoms with Crippen LogP contribution in [0.1, 0.15) is 18.7 Å². The van der Waals surface area contributed by atoms with E-state index in [1.807, 2.05) is 0 Å². The molecular weight excluding hydrogens is 257 g/mol. The van der Waals surface area contributed by atoms with E-state index in [9.17, 15) is 4.39 Å². The van der Waals surface area contributed by atoms with Crippen LogP contribution in [0.15, 0.2) is 22.7 Å². The summed E-state index contributed by atoms with van der Waals surface area (Å²) in [6.07, 6.45) is 1.94. The highest BCUT2D eigenvalue weighted by Crippen LogP contribution is 2.46. The van der Waals surface area contributed by atoms with Crippen molar-refractivity contribution < 1.29 is 8.91 Å². The molecule has 0 atom stereocenters. The minimum absolute atomic E-state index is 0.0406. The van der Waals surface area contributed by atoms with Crippen LogP contribution in [-0.2, 0) is 5.41 Å². The Labute approximate surface area is 108 Å². The van der Waals surface area contributed by atoms with Crippen molar-refractivity contribution in [1.29, 1.82) is 0 Å². The zero-order valence-electron chi connectivity index (χ0n) is 9.49. The lowest BCUT2D eigenvalue weighted by molar-refractivity contribution is 0.347. The van der Waals surface area contributed by atoms with Gasteiger partial charge in [0.2, 0.25) is 11.7 Å². The van der Waals surface area contributed by atoms with Crippen LogP contribution in [-0.4, -0.2) is 16.7 Å². The van der Waals surface area contributed by atoms with Crippen LogP contribution < -0.4 is 5.73 Å². The zero-order chi connectivity index (χ0) is 12.8. The van der Waals surface area contributed by atoms with Crippen LogP contribution in [0.5, 0.6) is 0 Å². The van der Waals surface area contributed by atoms with E-state index in [2.05, 4.69) is 10.1 Å². The van der Waals surface area contributed by atoms with Crippen LogP contribution in [0.3, 0.4) is 0 Å². The van der Waals surface area contributed by atoms with Crippen molar-refractivity contribution in [3.8, 4) is 11.4 Å². The topological polar surface area (TPSA) is 64.9 Å². The molecule has 18 heavy (non-hydrogen) atoms. The molecule has 1 heterocycles. The van der Waals surface area contributed by atoms with Gasteiger partial charge in [-0.15, -0.1) is 0 Å². The van der Waals surface area contributed by atoms with Gasteiger partial charge in [0, 0.05) is 12.1 Å².